The normalized spacial score (nSPS) is 17.4. The Balaban J connectivity index is 2.19. The second-order valence-electron chi connectivity index (χ2n) is 3.93. The molecule has 0 spiro atoms. The number of alkyl halides is 3. The number of halogens is 3. The van der Waals surface area contributed by atoms with Crippen LogP contribution in [0.1, 0.15) is 18.4 Å². The molecule has 0 aromatic carbocycles. The molecule has 1 aromatic heterocycles. The molecule has 2 rings (SSSR count). The van der Waals surface area contributed by atoms with Crippen molar-refractivity contribution in [2.24, 2.45) is 0 Å². The summed E-state index contributed by atoms with van der Waals surface area (Å²) in [5, 5.41) is 0. The molecule has 1 aliphatic heterocycles. The van der Waals surface area contributed by atoms with Crippen LogP contribution in [0, 0.1) is 0 Å². The lowest BCUT2D eigenvalue weighted by Crippen LogP contribution is -2.34. The van der Waals surface area contributed by atoms with E-state index in [2.05, 4.69) is 4.98 Å². The molecule has 2 heterocycles. The Morgan fingerprint density at radius 1 is 1.24 bits per heavy atom. The highest BCUT2D eigenvalue weighted by molar-refractivity contribution is 5.80. The molecule has 0 amide bonds. The molecule has 1 aromatic rings. The molecule has 6 heteroatoms. The fourth-order valence-electron chi connectivity index (χ4n) is 1.75. The van der Waals surface area contributed by atoms with Gasteiger partial charge in [0.25, 0.3) is 0 Å². The first-order valence-corrected chi connectivity index (χ1v) is 5.27. The number of aromatic nitrogens is 1. The minimum absolute atomic E-state index is 0.147. The van der Waals surface area contributed by atoms with E-state index in [0.717, 1.165) is 18.3 Å². The third kappa shape index (κ3) is 2.75. The maximum Gasteiger partial charge on any atom is 0.416 e. The van der Waals surface area contributed by atoms with Crippen molar-refractivity contribution < 1.29 is 18.0 Å². The predicted molar refractivity (Wildman–Crippen MR) is 55.7 cm³/mol. The lowest BCUT2D eigenvalue weighted by atomic mass is 10.1. The van der Waals surface area contributed by atoms with Crippen molar-refractivity contribution in [1.82, 2.24) is 4.98 Å². The molecule has 0 atom stereocenters. The van der Waals surface area contributed by atoms with Crippen LogP contribution in [0.25, 0.3) is 0 Å². The van der Waals surface area contributed by atoms with Crippen molar-refractivity contribution in [3.8, 4) is 0 Å². The molecule has 1 saturated heterocycles. The van der Waals surface area contributed by atoms with Gasteiger partial charge < -0.3 is 4.90 Å². The number of carbonyl (C=O) groups excluding carboxylic acids is 1. The zero-order chi connectivity index (χ0) is 12.5. The summed E-state index contributed by atoms with van der Waals surface area (Å²) in [5.41, 5.74) is -0.709. The molecular weight excluding hydrogens is 233 g/mol. The number of hydrogen-bond donors (Lipinski definition) is 0. The van der Waals surface area contributed by atoms with Gasteiger partial charge in [0.2, 0.25) is 0 Å². The number of Topliss-reactive ketones (excluding diaryl/α,β-unsaturated/α-hetero) is 1. The van der Waals surface area contributed by atoms with Gasteiger partial charge in [-0.1, -0.05) is 0 Å². The molecule has 1 aliphatic rings. The Morgan fingerprint density at radius 2 is 1.88 bits per heavy atom. The van der Waals surface area contributed by atoms with Crippen LogP contribution in [0.15, 0.2) is 18.3 Å². The second kappa shape index (κ2) is 4.35. The van der Waals surface area contributed by atoms with Crippen molar-refractivity contribution in [3.05, 3.63) is 23.9 Å². The topological polar surface area (TPSA) is 33.2 Å². The second-order valence-corrected chi connectivity index (χ2v) is 3.93. The summed E-state index contributed by atoms with van der Waals surface area (Å²) in [6.07, 6.45) is -2.46. The van der Waals surface area contributed by atoms with Crippen LogP contribution in [0.3, 0.4) is 0 Å². The van der Waals surface area contributed by atoms with E-state index in [4.69, 9.17) is 0 Å². The summed E-state index contributed by atoms with van der Waals surface area (Å²) in [4.78, 5) is 16.7. The van der Waals surface area contributed by atoms with Gasteiger partial charge in [0.1, 0.15) is 11.6 Å². The lowest BCUT2D eigenvalue weighted by Gasteiger charge is -2.27. The van der Waals surface area contributed by atoms with Gasteiger partial charge in [-0.2, -0.15) is 13.2 Å². The van der Waals surface area contributed by atoms with E-state index in [0.29, 0.717) is 25.9 Å². The minimum atomic E-state index is -4.36. The third-order valence-corrected chi connectivity index (χ3v) is 2.72. The first kappa shape index (κ1) is 11.9. The van der Waals surface area contributed by atoms with Crippen molar-refractivity contribution in [3.63, 3.8) is 0 Å². The first-order valence-electron chi connectivity index (χ1n) is 5.27. The molecule has 3 nitrogen and oxygen atoms in total. The Hall–Kier alpha value is -1.59. The van der Waals surface area contributed by atoms with Crippen LogP contribution in [-0.4, -0.2) is 23.9 Å². The summed E-state index contributed by atoms with van der Waals surface area (Å²) >= 11 is 0. The molecule has 0 radical (unpaired) electrons. The highest BCUT2D eigenvalue weighted by atomic mass is 19.4. The number of rotatable bonds is 1. The van der Waals surface area contributed by atoms with E-state index < -0.39 is 11.7 Å². The van der Waals surface area contributed by atoms with Crippen LogP contribution in [0.4, 0.5) is 19.0 Å². The summed E-state index contributed by atoms with van der Waals surface area (Å²) in [6.45, 7) is 0.875. The van der Waals surface area contributed by atoms with E-state index in [-0.39, 0.29) is 11.6 Å². The van der Waals surface area contributed by atoms with Crippen LogP contribution in [0.2, 0.25) is 0 Å². The van der Waals surface area contributed by atoms with Crippen LogP contribution >= 0.6 is 0 Å². The zero-order valence-electron chi connectivity index (χ0n) is 9.00. The summed E-state index contributed by atoms with van der Waals surface area (Å²) < 4.78 is 37.5. The van der Waals surface area contributed by atoms with Crippen LogP contribution in [-0.2, 0) is 11.0 Å². The fourth-order valence-corrected chi connectivity index (χ4v) is 1.75. The van der Waals surface area contributed by atoms with E-state index in [9.17, 15) is 18.0 Å². The standard InChI is InChI=1S/C11H11F3N2O/c12-11(13,14)8-1-4-15-10(7-8)16-5-2-9(17)3-6-16/h1,4,7H,2-3,5-6H2. The third-order valence-electron chi connectivity index (χ3n) is 2.72. The van der Waals surface area contributed by atoms with Crippen LogP contribution < -0.4 is 4.90 Å². The molecule has 92 valence electrons. The van der Waals surface area contributed by atoms with Gasteiger partial charge in [-0.3, -0.25) is 4.79 Å². The Kier molecular flexibility index (Phi) is 3.04. The number of piperidine rings is 1. The van der Waals surface area contributed by atoms with Crippen molar-refractivity contribution in [2.75, 3.05) is 18.0 Å². The summed E-state index contributed by atoms with van der Waals surface area (Å²) in [5.74, 6) is 0.431. The van der Waals surface area contributed by atoms with Gasteiger partial charge in [-0.15, -0.1) is 0 Å². The average molecular weight is 244 g/mol. The molecule has 0 aliphatic carbocycles. The van der Waals surface area contributed by atoms with Gasteiger partial charge in [-0.25, -0.2) is 4.98 Å². The predicted octanol–water partition coefficient (Wildman–Crippen LogP) is 2.27. The highest BCUT2D eigenvalue weighted by Gasteiger charge is 2.31. The van der Waals surface area contributed by atoms with Gasteiger partial charge >= 0.3 is 6.18 Å². The smallest absolute Gasteiger partial charge is 0.356 e. The van der Waals surface area contributed by atoms with E-state index in [1.807, 2.05) is 0 Å². The lowest BCUT2D eigenvalue weighted by molar-refractivity contribution is -0.137. The molecule has 0 bridgehead atoms. The van der Waals surface area contributed by atoms with E-state index in [1.165, 1.54) is 0 Å². The molecule has 1 fully saturated rings. The van der Waals surface area contributed by atoms with Crippen molar-refractivity contribution in [1.29, 1.82) is 0 Å². The number of hydrogen-bond acceptors (Lipinski definition) is 3. The van der Waals surface area contributed by atoms with E-state index in [1.54, 1.807) is 4.90 Å². The molecular formula is C11H11F3N2O. The highest BCUT2D eigenvalue weighted by Crippen LogP contribution is 2.31. The zero-order valence-corrected chi connectivity index (χ0v) is 9.00. The number of nitrogens with zero attached hydrogens (tertiary/aromatic N) is 2. The molecule has 17 heavy (non-hydrogen) atoms. The quantitative estimate of drug-likeness (QED) is 0.759. The molecule has 0 N–H and O–H groups in total. The number of anilines is 1. The monoisotopic (exact) mass is 244 g/mol. The largest absolute Gasteiger partial charge is 0.416 e. The maximum absolute atomic E-state index is 12.5. The average Bonchev–Trinajstić information content (AvgIpc) is 2.29. The molecule has 0 saturated carbocycles. The maximum atomic E-state index is 12.5. The van der Waals surface area contributed by atoms with Gasteiger partial charge in [0, 0.05) is 32.1 Å². The van der Waals surface area contributed by atoms with Gasteiger partial charge in [0.05, 0.1) is 5.56 Å². The van der Waals surface area contributed by atoms with Gasteiger partial charge in [-0.05, 0) is 12.1 Å². The van der Waals surface area contributed by atoms with Crippen LogP contribution in [0.5, 0.6) is 0 Å². The van der Waals surface area contributed by atoms with E-state index >= 15 is 0 Å². The Morgan fingerprint density at radius 3 is 2.47 bits per heavy atom. The van der Waals surface area contributed by atoms with Crippen molar-refractivity contribution >= 4 is 11.6 Å². The first-order chi connectivity index (χ1) is 7.97. The van der Waals surface area contributed by atoms with Crippen molar-refractivity contribution in [2.45, 2.75) is 19.0 Å². The Bertz CT molecular complexity index is 421. The summed E-state index contributed by atoms with van der Waals surface area (Å²) in [6, 6.07) is 1.97. The fraction of sp³-hybridized carbons (Fsp3) is 0.455. The summed E-state index contributed by atoms with van der Waals surface area (Å²) in [7, 11) is 0. The number of pyridine rings is 1. The minimum Gasteiger partial charge on any atom is -0.356 e. The van der Waals surface area contributed by atoms with Gasteiger partial charge in [0.15, 0.2) is 0 Å². The number of ketones is 1. The number of carbonyl (C=O) groups is 1. The SMILES string of the molecule is O=C1CCN(c2cc(C(F)(F)F)ccn2)CC1. The molecule has 0 unspecified atom stereocenters. The Labute approximate surface area is 96.3 Å².